The first-order valence-corrected chi connectivity index (χ1v) is 7.83. The van der Waals surface area contributed by atoms with Gasteiger partial charge in [-0.3, -0.25) is 0 Å². The van der Waals surface area contributed by atoms with Crippen LogP contribution in [-0.4, -0.2) is 6.61 Å². The van der Waals surface area contributed by atoms with Crippen molar-refractivity contribution in [3.8, 4) is 5.75 Å². The summed E-state index contributed by atoms with van der Waals surface area (Å²) < 4.78 is 5.70. The van der Waals surface area contributed by atoms with E-state index in [1.165, 1.54) is 17.5 Å². The summed E-state index contributed by atoms with van der Waals surface area (Å²) in [6, 6.07) is 19.1. The molecule has 1 aliphatic rings. The second-order valence-electron chi connectivity index (χ2n) is 5.86. The van der Waals surface area contributed by atoms with E-state index in [-0.39, 0.29) is 6.04 Å². The van der Waals surface area contributed by atoms with Gasteiger partial charge in [-0.15, -0.1) is 0 Å². The fraction of sp³-hybridized carbons (Fsp3) is 0.368. The Kier molecular flexibility index (Phi) is 4.26. The molecule has 3 rings (SSSR count). The molecule has 0 amide bonds. The predicted octanol–water partition coefficient (Wildman–Crippen LogP) is 4.28. The van der Waals surface area contributed by atoms with E-state index in [2.05, 4.69) is 49.4 Å². The molecule has 21 heavy (non-hydrogen) atoms. The lowest BCUT2D eigenvalue weighted by atomic mass is 9.99. The molecule has 2 heteroatoms. The van der Waals surface area contributed by atoms with Crippen LogP contribution in [0.5, 0.6) is 5.75 Å². The number of hydrogen-bond donors (Lipinski definition) is 1. The van der Waals surface area contributed by atoms with E-state index < -0.39 is 0 Å². The highest BCUT2D eigenvalue weighted by atomic mass is 16.5. The summed E-state index contributed by atoms with van der Waals surface area (Å²) in [5, 5.41) is 0. The van der Waals surface area contributed by atoms with Crippen molar-refractivity contribution in [1.82, 2.24) is 0 Å². The van der Waals surface area contributed by atoms with E-state index in [9.17, 15) is 0 Å². The van der Waals surface area contributed by atoms with E-state index in [0.717, 1.165) is 18.8 Å². The monoisotopic (exact) mass is 281 g/mol. The Morgan fingerprint density at radius 1 is 1.14 bits per heavy atom. The Bertz CT molecular complexity index is 581. The Morgan fingerprint density at radius 2 is 1.95 bits per heavy atom. The number of ether oxygens (including phenoxy) is 1. The van der Waals surface area contributed by atoms with Crippen molar-refractivity contribution < 1.29 is 4.74 Å². The van der Waals surface area contributed by atoms with Crippen molar-refractivity contribution in [3.63, 3.8) is 0 Å². The summed E-state index contributed by atoms with van der Waals surface area (Å²) in [6.45, 7) is 2.87. The Labute approximate surface area is 126 Å². The highest BCUT2D eigenvalue weighted by molar-refractivity contribution is 5.34. The topological polar surface area (TPSA) is 35.2 Å². The van der Waals surface area contributed by atoms with Gasteiger partial charge in [0, 0.05) is 6.04 Å². The summed E-state index contributed by atoms with van der Waals surface area (Å²) >= 11 is 0. The van der Waals surface area contributed by atoms with Crippen molar-refractivity contribution in [2.75, 3.05) is 6.61 Å². The molecule has 3 unspecified atom stereocenters. The van der Waals surface area contributed by atoms with Gasteiger partial charge < -0.3 is 10.5 Å². The molecule has 0 aliphatic heterocycles. The van der Waals surface area contributed by atoms with Crippen molar-refractivity contribution in [2.45, 2.75) is 31.7 Å². The first-order chi connectivity index (χ1) is 10.3. The number of nitrogens with two attached hydrogens (primary N) is 1. The first-order valence-electron chi connectivity index (χ1n) is 7.83. The third-order valence-corrected chi connectivity index (χ3v) is 4.24. The van der Waals surface area contributed by atoms with Crippen LogP contribution < -0.4 is 10.5 Å². The van der Waals surface area contributed by atoms with Gasteiger partial charge in [0.15, 0.2) is 0 Å². The van der Waals surface area contributed by atoms with Gasteiger partial charge in [0.1, 0.15) is 5.75 Å². The number of benzene rings is 2. The maximum absolute atomic E-state index is 6.47. The molecule has 110 valence electrons. The Morgan fingerprint density at radius 3 is 2.71 bits per heavy atom. The third kappa shape index (κ3) is 3.27. The van der Waals surface area contributed by atoms with Gasteiger partial charge in [-0.2, -0.15) is 0 Å². The average molecular weight is 281 g/mol. The van der Waals surface area contributed by atoms with Crippen LogP contribution in [-0.2, 0) is 0 Å². The largest absolute Gasteiger partial charge is 0.494 e. The zero-order chi connectivity index (χ0) is 14.7. The average Bonchev–Trinajstić information content (AvgIpc) is 3.34. The molecule has 3 atom stereocenters. The van der Waals surface area contributed by atoms with Crippen LogP contribution in [0.3, 0.4) is 0 Å². The molecule has 2 N–H and O–H groups in total. The molecular weight excluding hydrogens is 258 g/mol. The maximum atomic E-state index is 6.47. The van der Waals surface area contributed by atoms with E-state index in [0.29, 0.717) is 11.8 Å². The molecule has 1 fully saturated rings. The van der Waals surface area contributed by atoms with Crippen molar-refractivity contribution in [2.24, 2.45) is 11.7 Å². The highest BCUT2D eigenvalue weighted by Gasteiger charge is 2.42. The lowest BCUT2D eigenvalue weighted by molar-refractivity contribution is 0.317. The van der Waals surface area contributed by atoms with Crippen LogP contribution in [0.2, 0.25) is 0 Å². The molecule has 1 saturated carbocycles. The second kappa shape index (κ2) is 6.31. The van der Waals surface area contributed by atoms with E-state index in [1.807, 2.05) is 12.1 Å². The summed E-state index contributed by atoms with van der Waals surface area (Å²) in [5.74, 6) is 2.09. The molecule has 0 saturated heterocycles. The lowest BCUT2D eigenvalue weighted by Crippen LogP contribution is -2.13. The van der Waals surface area contributed by atoms with E-state index >= 15 is 0 Å². The summed E-state index contributed by atoms with van der Waals surface area (Å²) in [4.78, 5) is 0. The zero-order valence-corrected chi connectivity index (χ0v) is 12.5. The minimum absolute atomic E-state index is 0.0976. The summed E-state index contributed by atoms with van der Waals surface area (Å²) in [6.07, 6.45) is 2.21. The van der Waals surface area contributed by atoms with Gasteiger partial charge >= 0.3 is 0 Å². The maximum Gasteiger partial charge on any atom is 0.119 e. The molecule has 0 aromatic heterocycles. The van der Waals surface area contributed by atoms with Crippen LogP contribution in [0, 0.1) is 5.92 Å². The third-order valence-electron chi connectivity index (χ3n) is 4.24. The van der Waals surface area contributed by atoms with Gasteiger partial charge in [-0.1, -0.05) is 49.4 Å². The SMILES string of the molecule is CCCOc1cccc(C(N)C2CC2c2ccccc2)c1. The van der Waals surface area contributed by atoms with Crippen LogP contribution in [0.15, 0.2) is 54.6 Å². The van der Waals surface area contributed by atoms with Gasteiger partial charge in [-0.25, -0.2) is 0 Å². The van der Waals surface area contributed by atoms with E-state index in [1.54, 1.807) is 0 Å². The molecule has 2 nitrogen and oxygen atoms in total. The van der Waals surface area contributed by atoms with Gasteiger partial charge in [0.05, 0.1) is 6.61 Å². The molecule has 1 aliphatic carbocycles. The highest BCUT2D eigenvalue weighted by Crippen LogP contribution is 2.53. The Hall–Kier alpha value is -1.80. The van der Waals surface area contributed by atoms with Crippen LogP contribution in [0.1, 0.15) is 42.9 Å². The van der Waals surface area contributed by atoms with Crippen LogP contribution >= 0.6 is 0 Å². The summed E-state index contributed by atoms with van der Waals surface area (Å²) in [5.41, 5.74) is 9.07. The fourth-order valence-electron chi connectivity index (χ4n) is 2.97. The van der Waals surface area contributed by atoms with Gasteiger partial charge in [0.2, 0.25) is 0 Å². The number of rotatable bonds is 6. The Balaban J connectivity index is 1.68. The molecule has 0 spiro atoms. The van der Waals surface area contributed by atoms with E-state index in [4.69, 9.17) is 10.5 Å². The standard InChI is InChI=1S/C19H23NO/c1-2-11-21-16-10-6-9-15(12-16)19(20)18-13-17(18)14-7-4-3-5-8-14/h3-10,12,17-19H,2,11,13,20H2,1H3. The molecular formula is C19H23NO. The minimum Gasteiger partial charge on any atom is -0.494 e. The van der Waals surface area contributed by atoms with Crippen LogP contribution in [0.4, 0.5) is 0 Å². The number of hydrogen-bond acceptors (Lipinski definition) is 2. The van der Waals surface area contributed by atoms with Crippen LogP contribution in [0.25, 0.3) is 0 Å². The molecule has 0 bridgehead atoms. The smallest absolute Gasteiger partial charge is 0.119 e. The fourth-order valence-corrected chi connectivity index (χ4v) is 2.97. The van der Waals surface area contributed by atoms with Gasteiger partial charge in [0.25, 0.3) is 0 Å². The van der Waals surface area contributed by atoms with Gasteiger partial charge in [-0.05, 0) is 47.9 Å². The van der Waals surface area contributed by atoms with Crippen molar-refractivity contribution >= 4 is 0 Å². The molecule has 2 aromatic carbocycles. The zero-order valence-electron chi connectivity index (χ0n) is 12.5. The second-order valence-corrected chi connectivity index (χ2v) is 5.86. The lowest BCUT2D eigenvalue weighted by Gasteiger charge is -2.14. The molecule has 2 aromatic rings. The quantitative estimate of drug-likeness (QED) is 0.857. The molecule has 0 heterocycles. The molecule has 0 radical (unpaired) electrons. The minimum atomic E-state index is 0.0976. The predicted molar refractivity (Wildman–Crippen MR) is 86.4 cm³/mol. The van der Waals surface area contributed by atoms with Crippen molar-refractivity contribution in [1.29, 1.82) is 0 Å². The van der Waals surface area contributed by atoms with Crippen molar-refractivity contribution in [3.05, 3.63) is 65.7 Å². The first kappa shape index (κ1) is 14.2. The normalized spacial score (nSPS) is 21.8. The summed E-state index contributed by atoms with van der Waals surface area (Å²) in [7, 11) is 0.